The first-order valence-electron chi connectivity index (χ1n) is 4.71. The number of rotatable bonds is 0. The minimum absolute atomic E-state index is 0.282. The molecule has 2 fully saturated rings. The fourth-order valence-electron chi connectivity index (χ4n) is 2.16. The fourth-order valence-corrected chi connectivity index (χ4v) is 4.09. The van der Waals surface area contributed by atoms with Gasteiger partial charge in [0.2, 0.25) is 0 Å². The maximum atomic E-state index is 11.6. The highest BCUT2D eigenvalue weighted by Crippen LogP contribution is 2.27. The predicted octanol–water partition coefficient (Wildman–Crippen LogP) is 0.186. The summed E-state index contributed by atoms with van der Waals surface area (Å²) >= 11 is 0. The first-order chi connectivity index (χ1) is 6.12. The molecule has 2 atom stereocenters. The zero-order chi connectivity index (χ0) is 9.36. The van der Waals surface area contributed by atoms with Crippen LogP contribution in [-0.4, -0.2) is 41.0 Å². The third-order valence-corrected chi connectivity index (χ3v) is 4.68. The van der Waals surface area contributed by atoms with Crippen molar-refractivity contribution in [2.24, 2.45) is 0 Å². The van der Waals surface area contributed by atoms with Crippen molar-refractivity contribution in [3.8, 4) is 0 Å². The highest BCUT2D eigenvalue weighted by atomic mass is 32.2. The summed E-state index contributed by atoms with van der Waals surface area (Å²) < 4.78 is 24.9. The molecule has 1 spiro atoms. The molecular weight excluding hydrogens is 188 g/mol. The van der Waals surface area contributed by atoms with Crippen LogP contribution in [0.2, 0.25) is 0 Å². The molecule has 5 heteroatoms. The molecule has 76 valence electrons. The number of morpholine rings is 1. The molecule has 0 bridgehead atoms. The molecular formula is C8H16N2O2S. The van der Waals surface area contributed by atoms with E-state index in [-0.39, 0.29) is 5.60 Å². The van der Waals surface area contributed by atoms with Crippen molar-refractivity contribution in [2.45, 2.75) is 18.4 Å². The van der Waals surface area contributed by atoms with Gasteiger partial charge in [0.1, 0.15) is 0 Å². The van der Waals surface area contributed by atoms with E-state index in [1.54, 1.807) is 0 Å². The third kappa shape index (κ3) is 2.03. The van der Waals surface area contributed by atoms with E-state index in [1.165, 1.54) is 0 Å². The third-order valence-electron chi connectivity index (χ3n) is 2.74. The minimum Gasteiger partial charge on any atom is -0.371 e. The molecule has 13 heavy (non-hydrogen) atoms. The van der Waals surface area contributed by atoms with Crippen molar-refractivity contribution in [1.82, 2.24) is 5.32 Å². The van der Waals surface area contributed by atoms with Crippen LogP contribution in [0, 0.1) is 4.78 Å². The minimum atomic E-state index is -2.36. The van der Waals surface area contributed by atoms with Crippen LogP contribution in [0.1, 0.15) is 12.8 Å². The zero-order valence-corrected chi connectivity index (χ0v) is 8.49. The van der Waals surface area contributed by atoms with Gasteiger partial charge in [0, 0.05) is 28.6 Å². The highest BCUT2D eigenvalue weighted by molar-refractivity contribution is 7.92. The van der Waals surface area contributed by atoms with Crippen molar-refractivity contribution in [2.75, 3.05) is 31.2 Å². The second kappa shape index (κ2) is 3.22. The topological polar surface area (TPSA) is 62.2 Å². The van der Waals surface area contributed by atoms with Gasteiger partial charge in [-0.1, -0.05) is 0 Å². The van der Waals surface area contributed by atoms with Gasteiger partial charge in [-0.3, -0.25) is 4.78 Å². The number of hydrogen-bond acceptors (Lipinski definition) is 4. The van der Waals surface area contributed by atoms with Gasteiger partial charge in [-0.2, -0.15) is 0 Å². The second-order valence-electron chi connectivity index (χ2n) is 3.97. The Balaban J connectivity index is 2.13. The summed E-state index contributed by atoms with van der Waals surface area (Å²) in [4.78, 5) is 0. The smallest absolute Gasteiger partial charge is 0.0930 e. The summed E-state index contributed by atoms with van der Waals surface area (Å²) in [5, 5.41) is 3.25. The second-order valence-corrected chi connectivity index (χ2v) is 6.29. The molecule has 2 rings (SSSR count). The Kier molecular flexibility index (Phi) is 2.33. The molecule has 0 aromatic carbocycles. The SMILES string of the molecule is N=S1(=O)CCCC2(CNCCO2)C1. The van der Waals surface area contributed by atoms with Crippen molar-refractivity contribution in [3.05, 3.63) is 0 Å². The summed E-state index contributed by atoms with van der Waals surface area (Å²) in [6, 6.07) is 0. The van der Waals surface area contributed by atoms with E-state index < -0.39 is 9.73 Å². The van der Waals surface area contributed by atoms with Gasteiger partial charge >= 0.3 is 0 Å². The van der Waals surface area contributed by atoms with Crippen LogP contribution in [0.4, 0.5) is 0 Å². The quantitative estimate of drug-likeness (QED) is 0.592. The van der Waals surface area contributed by atoms with Gasteiger partial charge in [-0.05, 0) is 12.8 Å². The summed E-state index contributed by atoms with van der Waals surface area (Å²) in [5.41, 5.74) is -0.282. The molecule has 2 aliphatic rings. The first kappa shape index (κ1) is 9.43. The van der Waals surface area contributed by atoms with Gasteiger partial charge in [-0.15, -0.1) is 0 Å². The lowest BCUT2D eigenvalue weighted by Crippen LogP contribution is -2.55. The van der Waals surface area contributed by atoms with Gasteiger partial charge in [0.15, 0.2) is 0 Å². The first-order valence-corrected chi connectivity index (χ1v) is 6.60. The maximum absolute atomic E-state index is 11.6. The van der Waals surface area contributed by atoms with Crippen LogP contribution in [-0.2, 0) is 14.5 Å². The fraction of sp³-hybridized carbons (Fsp3) is 1.00. The summed E-state index contributed by atoms with van der Waals surface area (Å²) in [5.74, 6) is 0.977. The Hall–Kier alpha value is -0.130. The van der Waals surface area contributed by atoms with Crippen LogP contribution >= 0.6 is 0 Å². The Labute approximate surface area is 79.0 Å². The standard InChI is InChI=1S/C8H16N2O2S/c9-13(11)5-1-2-8(7-13)6-10-3-4-12-8/h9-10H,1-7H2. The monoisotopic (exact) mass is 204 g/mol. The van der Waals surface area contributed by atoms with Gasteiger partial charge < -0.3 is 10.1 Å². The lowest BCUT2D eigenvalue weighted by atomic mass is 9.98. The van der Waals surface area contributed by atoms with E-state index in [9.17, 15) is 4.21 Å². The Bertz CT molecular complexity index is 275. The summed E-state index contributed by atoms with van der Waals surface area (Å²) in [6.45, 7) is 2.33. The largest absolute Gasteiger partial charge is 0.371 e. The zero-order valence-electron chi connectivity index (χ0n) is 7.67. The van der Waals surface area contributed by atoms with Gasteiger partial charge in [-0.25, -0.2) is 4.21 Å². The van der Waals surface area contributed by atoms with Crippen molar-refractivity contribution >= 4 is 9.73 Å². The van der Waals surface area contributed by atoms with Gasteiger partial charge in [0.05, 0.1) is 18.0 Å². The molecule has 2 heterocycles. The molecule has 0 aromatic heterocycles. The van der Waals surface area contributed by atoms with Crippen LogP contribution in [0.3, 0.4) is 0 Å². The average molecular weight is 204 g/mol. The number of nitrogens with one attached hydrogen (secondary N) is 2. The molecule has 4 nitrogen and oxygen atoms in total. The molecule has 0 aliphatic carbocycles. The normalized spacial score (nSPS) is 46.5. The van der Waals surface area contributed by atoms with Crippen molar-refractivity contribution in [1.29, 1.82) is 4.78 Å². The molecule has 0 radical (unpaired) electrons. The molecule has 2 N–H and O–H groups in total. The van der Waals surface area contributed by atoms with Crippen LogP contribution in [0.25, 0.3) is 0 Å². The van der Waals surface area contributed by atoms with Gasteiger partial charge in [0.25, 0.3) is 0 Å². The Morgan fingerprint density at radius 1 is 1.54 bits per heavy atom. The Morgan fingerprint density at radius 3 is 3.00 bits per heavy atom. The average Bonchev–Trinajstić information content (AvgIpc) is 2.03. The molecule has 0 amide bonds. The van der Waals surface area contributed by atoms with E-state index >= 15 is 0 Å². The van der Waals surface area contributed by atoms with E-state index in [0.717, 1.165) is 25.9 Å². The summed E-state index contributed by atoms with van der Waals surface area (Å²) in [7, 11) is -2.36. The van der Waals surface area contributed by atoms with E-state index in [1.807, 2.05) is 0 Å². The lowest BCUT2D eigenvalue weighted by molar-refractivity contribution is -0.0569. The molecule has 0 saturated carbocycles. The lowest BCUT2D eigenvalue weighted by Gasteiger charge is -2.40. The van der Waals surface area contributed by atoms with Crippen LogP contribution in [0.5, 0.6) is 0 Å². The number of ether oxygens (including phenoxy) is 1. The molecule has 2 aliphatic heterocycles. The van der Waals surface area contributed by atoms with Crippen LogP contribution in [0.15, 0.2) is 0 Å². The Morgan fingerprint density at radius 2 is 2.38 bits per heavy atom. The molecule has 0 aromatic rings. The van der Waals surface area contributed by atoms with E-state index in [4.69, 9.17) is 9.52 Å². The number of hydrogen-bond donors (Lipinski definition) is 2. The molecule has 2 unspecified atom stereocenters. The van der Waals surface area contributed by atoms with E-state index in [2.05, 4.69) is 5.32 Å². The van der Waals surface area contributed by atoms with Crippen LogP contribution < -0.4 is 5.32 Å². The summed E-state index contributed by atoms with van der Waals surface area (Å²) in [6.07, 6.45) is 1.82. The molecule has 2 saturated heterocycles. The van der Waals surface area contributed by atoms with Crippen molar-refractivity contribution in [3.63, 3.8) is 0 Å². The highest BCUT2D eigenvalue weighted by Gasteiger charge is 2.39. The predicted molar refractivity (Wildman–Crippen MR) is 51.4 cm³/mol. The van der Waals surface area contributed by atoms with Crippen molar-refractivity contribution < 1.29 is 8.95 Å². The van der Waals surface area contributed by atoms with E-state index in [0.29, 0.717) is 18.1 Å². The maximum Gasteiger partial charge on any atom is 0.0930 e.